The number of benzene rings is 4. The lowest BCUT2D eigenvalue weighted by atomic mass is 10.1. The highest BCUT2D eigenvalue weighted by atomic mass is 35.5. The Morgan fingerprint density at radius 2 is 1.00 bits per heavy atom. The summed E-state index contributed by atoms with van der Waals surface area (Å²) >= 11 is 11.7. The van der Waals surface area contributed by atoms with Crippen LogP contribution in [-0.4, -0.2) is 128 Å². The van der Waals surface area contributed by atoms with E-state index in [1.54, 1.807) is 112 Å². The van der Waals surface area contributed by atoms with Crippen molar-refractivity contribution in [1.82, 2.24) is 25.8 Å². The van der Waals surface area contributed by atoms with Crippen LogP contribution in [0.4, 0.5) is 9.59 Å². The number of likely N-dealkylation sites (tertiary alicyclic amines) is 2. The first-order chi connectivity index (χ1) is 37.0. The number of nitrogens with one attached hydrogen (secondary N) is 3. The third kappa shape index (κ3) is 24.3. The van der Waals surface area contributed by atoms with Crippen molar-refractivity contribution in [3.8, 4) is 11.5 Å². The highest BCUT2D eigenvalue weighted by Crippen LogP contribution is 2.24. The molecule has 440 valence electrons. The third-order valence-electron chi connectivity index (χ3n) is 11.6. The van der Waals surface area contributed by atoms with Crippen molar-refractivity contribution < 1.29 is 59.9 Å². The van der Waals surface area contributed by atoms with Crippen molar-refractivity contribution in [2.45, 2.75) is 139 Å². The molecule has 0 radical (unpaired) electrons. The molecule has 2 fully saturated rings. The van der Waals surface area contributed by atoms with Gasteiger partial charge in [-0.05, 0) is 144 Å². The first kappa shape index (κ1) is 68.8. The van der Waals surface area contributed by atoms with E-state index >= 15 is 0 Å². The molecule has 2 unspecified atom stereocenters. The molecule has 6 rings (SSSR count). The van der Waals surface area contributed by atoms with Crippen molar-refractivity contribution in [1.29, 1.82) is 0 Å². The Bertz CT molecular complexity index is 2520. The smallest absolute Gasteiger partial charge is 0.412 e. The largest absolute Gasteiger partial charge is 0.476 e. The molecular weight excluding hydrogens is 1080 g/mol. The van der Waals surface area contributed by atoms with Crippen LogP contribution < -0.4 is 31.2 Å². The van der Waals surface area contributed by atoms with Crippen LogP contribution in [0.15, 0.2) is 97.1 Å². The number of ether oxygens (including phenoxy) is 6. The Morgan fingerprint density at radius 1 is 0.646 bits per heavy atom. The van der Waals surface area contributed by atoms with Crippen molar-refractivity contribution in [2.24, 2.45) is 5.73 Å². The predicted octanol–water partition coefficient (Wildman–Crippen LogP) is 10.7. The van der Waals surface area contributed by atoms with Gasteiger partial charge in [0.25, 0.3) is 11.8 Å². The lowest BCUT2D eigenvalue weighted by Crippen LogP contribution is -2.42. The highest BCUT2D eigenvalue weighted by Gasteiger charge is 2.36. The van der Waals surface area contributed by atoms with Crippen LogP contribution in [0.1, 0.15) is 125 Å². The van der Waals surface area contributed by atoms with E-state index in [1.165, 1.54) is 26.2 Å². The molecule has 4 aromatic carbocycles. The molecule has 2 aliphatic heterocycles. The van der Waals surface area contributed by atoms with E-state index in [2.05, 4.69) is 16.0 Å². The number of carbonyl (C=O) groups excluding carboxylic acids is 6. The molecule has 0 bridgehead atoms. The first-order valence-electron chi connectivity index (χ1n) is 26.4. The maximum Gasteiger partial charge on any atom is 0.412 e. The molecule has 21 heteroatoms. The van der Waals surface area contributed by atoms with Crippen LogP contribution in [0.5, 0.6) is 11.5 Å². The first-order valence-corrected chi connectivity index (χ1v) is 25.5. The zero-order valence-corrected chi connectivity index (χ0v) is 47.7. The summed E-state index contributed by atoms with van der Waals surface area (Å²) in [7, 11) is 3.10. The molecule has 4 amide bonds. The molecule has 0 aliphatic carbocycles. The second-order valence-corrected chi connectivity index (χ2v) is 19.3. The molecular formula is C58H85Cl3N6O12. The van der Waals surface area contributed by atoms with Gasteiger partial charge >= 0.3 is 24.1 Å². The zero-order chi connectivity index (χ0) is 58.0. The lowest BCUT2D eigenvalue weighted by Gasteiger charge is -2.27. The normalized spacial score (nSPS) is 15.3. The number of halogens is 3. The van der Waals surface area contributed by atoms with E-state index in [9.17, 15) is 28.8 Å². The third-order valence-corrected chi connectivity index (χ3v) is 12.1. The van der Waals surface area contributed by atoms with Gasteiger partial charge in [-0.15, -0.1) is 12.4 Å². The van der Waals surface area contributed by atoms with Gasteiger partial charge < -0.3 is 59.9 Å². The Hall–Kier alpha value is -6.31. The predicted molar refractivity (Wildman–Crippen MR) is 313 cm³/mol. The van der Waals surface area contributed by atoms with Crippen LogP contribution in [-0.2, 0) is 41.4 Å². The Morgan fingerprint density at radius 3 is 1.33 bits per heavy atom. The van der Waals surface area contributed by atoms with Gasteiger partial charge in [0, 0.05) is 89.1 Å². The standard InChI is InChI=1S/C27H34ClN3O6.C26H32ClN3O6.C2H6.3CH4.ClH/c1-18(36-26(34)31-16-14-22(17-31)29-4)35-25(33)27(2,3)37-23-11-5-19(6-12-23)13-15-30-24(32)20-7-9-21(28)10-8-20;1-17(35-25(33)30-15-13-21(28)16-30)34-24(32)26(2,3)36-22-10-4-18(5-11-22)12-14-29-23(31)19-6-8-20(27)9-7-19;1-2;;;;/h5-12,18,22,29H,13-17H2,1-4H3,(H,30,32);4-11,17,21H,12-16,28H2,1-3H3,(H,29,31);1-2H3;3*1H4;1H/t18?,22-;17?,21-;;;;;/m11...../s1/i;;1D;1T;;;. The van der Waals surface area contributed by atoms with Gasteiger partial charge in [-0.1, -0.05) is 83.5 Å². The molecule has 4 atom stereocenters. The van der Waals surface area contributed by atoms with Gasteiger partial charge in [-0.2, -0.15) is 0 Å². The Kier molecular flexibility index (Phi) is 30.8. The molecule has 18 nitrogen and oxygen atoms in total. The summed E-state index contributed by atoms with van der Waals surface area (Å²) in [6.45, 7) is 14.6. The fraction of sp³-hybridized carbons (Fsp3) is 0.483. The maximum absolute atomic E-state index is 12.7. The summed E-state index contributed by atoms with van der Waals surface area (Å²) in [5.41, 5.74) is 6.25. The summed E-state index contributed by atoms with van der Waals surface area (Å²) in [5.74, 6) is -0.710. The van der Waals surface area contributed by atoms with Crippen molar-refractivity contribution in [3.63, 3.8) is 0 Å². The van der Waals surface area contributed by atoms with Gasteiger partial charge in [0.05, 0.1) is 0 Å². The van der Waals surface area contributed by atoms with Gasteiger partial charge in [0.1, 0.15) is 11.5 Å². The van der Waals surface area contributed by atoms with E-state index in [0.717, 1.165) is 17.5 Å². The van der Waals surface area contributed by atoms with Crippen LogP contribution >= 0.6 is 35.6 Å². The summed E-state index contributed by atoms with van der Waals surface area (Å²) in [4.78, 5) is 77.2. The number of amides is 4. The Labute approximate surface area is 487 Å². The maximum atomic E-state index is 12.7. The number of hydrogen-bond donors (Lipinski definition) is 4. The summed E-state index contributed by atoms with van der Waals surface area (Å²) < 4.78 is 44.7. The van der Waals surface area contributed by atoms with Crippen LogP contribution in [0.2, 0.25) is 10.0 Å². The SMILES string of the molecule is C.C.CC(OC(=O)N1CC[C@@H](N)C1)OC(=O)C(C)(C)Oc1ccc(CCNC(=O)c2ccc(Cl)cc2)cc1.CN[C@@H]1CCN(C(=O)OC(C)OC(=O)C(C)(C)Oc2ccc(CCNC(=O)c3ccc(Cl)cc3)cc2)C1.Cl.[2H]CC.[3H]C. The minimum Gasteiger partial charge on any atom is -0.476 e. The lowest BCUT2D eigenvalue weighted by molar-refractivity contribution is -0.182. The second kappa shape index (κ2) is 35.3. The van der Waals surface area contributed by atoms with Crippen molar-refractivity contribution >= 4 is 71.5 Å². The van der Waals surface area contributed by atoms with Crippen LogP contribution in [0, 0.1) is 0 Å². The molecule has 2 saturated heterocycles. The molecule has 5 N–H and O–H groups in total. The number of likely N-dealkylation sites (N-methyl/N-ethyl adjacent to an activating group) is 1. The van der Waals surface area contributed by atoms with E-state index in [1.807, 2.05) is 31.3 Å². The molecule has 0 aromatic heterocycles. The molecule has 2 heterocycles. The number of esters is 2. The Balaban J connectivity index is 0.00000142. The molecule has 0 spiro atoms. The van der Waals surface area contributed by atoms with Gasteiger partial charge in [-0.3, -0.25) is 9.59 Å². The van der Waals surface area contributed by atoms with Gasteiger partial charge in [0.2, 0.25) is 12.6 Å². The average molecular weight is 1170 g/mol. The number of nitrogens with zero attached hydrogens (tertiary/aromatic N) is 2. The van der Waals surface area contributed by atoms with E-state index < -0.39 is 47.9 Å². The topological polar surface area (TPSA) is 226 Å². The quantitative estimate of drug-likeness (QED) is 0.0506. The fourth-order valence-corrected chi connectivity index (χ4v) is 7.60. The van der Waals surface area contributed by atoms with Crippen molar-refractivity contribution in [3.05, 3.63) is 129 Å². The summed E-state index contributed by atoms with van der Waals surface area (Å²) in [5, 5.41) is 10.0. The zero-order valence-electron chi connectivity index (χ0n) is 47.4. The fourth-order valence-electron chi connectivity index (χ4n) is 7.35. The van der Waals surface area contributed by atoms with E-state index in [-0.39, 0.29) is 51.2 Å². The molecule has 0 saturated carbocycles. The second-order valence-electron chi connectivity index (χ2n) is 18.5. The number of rotatable bonds is 19. The van der Waals surface area contributed by atoms with Crippen LogP contribution in [0.3, 0.4) is 0 Å². The number of carbonyl (C=O) groups is 6. The molecule has 4 aromatic rings. The molecule has 79 heavy (non-hydrogen) atoms. The minimum atomic E-state index is -1.31. The summed E-state index contributed by atoms with van der Waals surface area (Å²) in [6, 6.07) is 28.0. The van der Waals surface area contributed by atoms with E-state index in [0.29, 0.717) is 98.1 Å². The minimum absolute atomic E-state index is 0. The van der Waals surface area contributed by atoms with Crippen LogP contribution in [0.25, 0.3) is 0 Å². The molecule has 2 aliphatic rings. The average Bonchev–Trinajstić information content (AvgIpc) is 4.08. The van der Waals surface area contributed by atoms with Gasteiger partial charge in [0.15, 0.2) is 11.2 Å². The van der Waals surface area contributed by atoms with Gasteiger partial charge in [-0.25, -0.2) is 19.2 Å². The highest BCUT2D eigenvalue weighted by molar-refractivity contribution is 6.31. The monoisotopic (exact) mass is 1170 g/mol. The van der Waals surface area contributed by atoms with E-state index in [4.69, 9.17) is 60.1 Å². The number of nitrogens with two attached hydrogens (primary N) is 1. The summed E-state index contributed by atoms with van der Waals surface area (Å²) in [6.07, 6.45) is -0.412. The number of hydrogen-bond acceptors (Lipinski definition) is 14. The van der Waals surface area contributed by atoms with Crippen molar-refractivity contribution in [2.75, 3.05) is 46.3 Å².